The van der Waals surface area contributed by atoms with Crippen LogP contribution in [0.3, 0.4) is 0 Å². The van der Waals surface area contributed by atoms with Gasteiger partial charge in [0, 0.05) is 6.07 Å². The molecule has 78 valence electrons. The third kappa shape index (κ3) is 3.50. The molecule has 14 heavy (non-hydrogen) atoms. The first-order valence-electron chi connectivity index (χ1n) is 3.90. The van der Waals surface area contributed by atoms with Crippen LogP contribution >= 0.6 is 34.8 Å². The summed E-state index contributed by atoms with van der Waals surface area (Å²) in [6, 6.07) is 5.43. The monoisotopic (exact) mass is 255 g/mol. The first kappa shape index (κ1) is 11.9. The average molecular weight is 257 g/mol. The lowest BCUT2D eigenvalue weighted by atomic mass is 10.4. The molecule has 0 aromatic carbocycles. The van der Waals surface area contributed by atoms with E-state index in [0.717, 1.165) is 5.69 Å². The summed E-state index contributed by atoms with van der Waals surface area (Å²) in [4.78, 5) is 2.96. The molecular formula is C8H10Cl3N2O+. The topological polar surface area (TPSA) is 46.4 Å². The van der Waals surface area contributed by atoms with E-state index in [4.69, 9.17) is 34.8 Å². The standard InChI is InChI=1S/C8H9Cl3N2O/c1-5-3-2-4-6(12-5)13-7(14)8(9,10)11/h2-4,7,14H,1H3,(H,12,13)/p+1/t7-/m1/s1. The highest BCUT2D eigenvalue weighted by Crippen LogP contribution is 2.30. The van der Waals surface area contributed by atoms with Gasteiger partial charge in [-0.25, -0.2) is 10.3 Å². The third-order valence-electron chi connectivity index (χ3n) is 1.54. The second-order valence-corrected chi connectivity index (χ2v) is 5.20. The Morgan fingerprint density at radius 1 is 1.43 bits per heavy atom. The highest BCUT2D eigenvalue weighted by molar-refractivity contribution is 6.68. The number of anilines is 1. The Labute approximate surface area is 97.0 Å². The number of aromatic amines is 1. The Morgan fingerprint density at radius 3 is 2.57 bits per heavy atom. The van der Waals surface area contributed by atoms with Crippen LogP contribution in [0.15, 0.2) is 18.2 Å². The Bertz CT molecular complexity index is 314. The van der Waals surface area contributed by atoms with Crippen molar-refractivity contribution >= 4 is 40.6 Å². The molecule has 1 heterocycles. The van der Waals surface area contributed by atoms with E-state index in [-0.39, 0.29) is 0 Å². The lowest BCUT2D eigenvalue weighted by Crippen LogP contribution is -2.35. The molecule has 3 nitrogen and oxygen atoms in total. The van der Waals surface area contributed by atoms with Gasteiger partial charge in [0.15, 0.2) is 0 Å². The number of hydrogen-bond donors (Lipinski definition) is 2. The highest BCUT2D eigenvalue weighted by Gasteiger charge is 2.34. The van der Waals surface area contributed by atoms with E-state index >= 15 is 0 Å². The van der Waals surface area contributed by atoms with Crippen molar-refractivity contribution in [2.45, 2.75) is 16.9 Å². The fourth-order valence-electron chi connectivity index (χ4n) is 0.898. The predicted molar refractivity (Wildman–Crippen MR) is 57.7 cm³/mol. The van der Waals surface area contributed by atoms with E-state index in [2.05, 4.69) is 10.3 Å². The first-order valence-corrected chi connectivity index (χ1v) is 5.03. The van der Waals surface area contributed by atoms with Crippen LogP contribution in [0.2, 0.25) is 0 Å². The van der Waals surface area contributed by atoms with Crippen LogP contribution in [0.1, 0.15) is 5.69 Å². The van der Waals surface area contributed by atoms with Gasteiger partial charge in [-0.1, -0.05) is 40.9 Å². The van der Waals surface area contributed by atoms with Gasteiger partial charge in [-0.3, -0.25) is 0 Å². The smallest absolute Gasteiger partial charge is 0.274 e. The van der Waals surface area contributed by atoms with Gasteiger partial charge in [0.2, 0.25) is 6.23 Å². The molecule has 0 saturated heterocycles. The van der Waals surface area contributed by atoms with Crippen molar-refractivity contribution in [3.8, 4) is 0 Å². The van der Waals surface area contributed by atoms with Crippen molar-refractivity contribution in [2.24, 2.45) is 0 Å². The quantitative estimate of drug-likeness (QED) is 0.627. The van der Waals surface area contributed by atoms with Crippen molar-refractivity contribution < 1.29 is 10.1 Å². The van der Waals surface area contributed by atoms with Crippen molar-refractivity contribution in [2.75, 3.05) is 5.32 Å². The van der Waals surface area contributed by atoms with Crippen LogP contribution in [0.4, 0.5) is 5.82 Å². The van der Waals surface area contributed by atoms with Crippen LogP contribution in [0, 0.1) is 6.92 Å². The fourth-order valence-corrected chi connectivity index (χ4v) is 1.06. The van der Waals surface area contributed by atoms with Gasteiger partial charge in [0.05, 0.1) is 5.69 Å². The number of H-pyrrole nitrogens is 1. The Kier molecular flexibility index (Phi) is 3.84. The molecular weight excluding hydrogens is 246 g/mol. The van der Waals surface area contributed by atoms with Gasteiger partial charge in [0.25, 0.3) is 9.61 Å². The van der Waals surface area contributed by atoms with Crippen LogP contribution < -0.4 is 10.3 Å². The van der Waals surface area contributed by atoms with E-state index in [1.165, 1.54) is 0 Å². The van der Waals surface area contributed by atoms with Gasteiger partial charge in [0.1, 0.15) is 0 Å². The van der Waals surface area contributed by atoms with Gasteiger partial charge in [-0.15, -0.1) is 0 Å². The van der Waals surface area contributed by atoms with Gasteiger partial charge >= 0.3 is 0 Å². The SMILES string of the molecule is Cc1cccc(N[C@H](O)C(Cl)(Cl)Cl)[nH+]1. The normalized spacial score (nSPS) is 13.8. The minimum atomic E-state index is -1.75. The van der Waals surface area contributed by atoms with Crippen molar-refractivity contribution in [3.63, 3.8) is 0 Å². The molecule has 0 bridgehead atoms. The average Bonchev–Trinajstić information content (AvgIpc) is 2.02. The Hall–Kier alpha value is -0.220. The number of aliphatic hydroxyl groups is 1. The maximum absolute atomic E-state index is 9.40. The number of halogens is 3. The molecule has 0 aliphatic rings. The number of pyridine rings is 1. The van der Waals surface area contributed by atoms with Gasteiger partial charge in [-0.05, 0) is 13.0 Å². The number of nitrogens with one attached hydrogen (secondary N) is 2. The van der Waals surface area contributed by atoms with E-state index in [0.29, 0.717) is 5.82 Å². The lowest BCUT2D eigenvalue weighted by molar-refractivity contribution is -0.371. The minimum absolute atomic E-state index is 0.587. The zero-order chi connectivity index (χ0) is 10.8. The maximum Gasteiger partial charge on any atom is 0.274 e. The molecule has 0 aliphatic carbocycles. The summed E-state index contributed by atoms with van der Waals surface area (Å²) >= 11 is 16.4. The van der Waals surface area contributed by atoms with E-state index in [1.54, 1.807) is 6.07 Å². The molecule has 0 fully saturated rings. The molecule has 0 saturated carbocycles. The summed E-state index contributed by atoms with van der Waals surface area (Å²) in [7, 11) is 0. The summed E-state index contributed by atoms with van der Waals surface area (Å²) in [5.41, 5.74) is 0.937. The van der Waals surface area contributed by atoms with Crippen molar-refractivity contribution in [1.82, 2.24) is 0 Å². The van der Waals surface area contributed by atoms with Crippen LogP contribution in [0.25, 0.3) is 0 Å². The van der Waals surface area contributed by atoms with Gasteiger partial charge in [-0.2, -0.15) is 0 Å². The predicted octanol–water partition coefficient (Wildman–Crippen LogP) is 1.91. The van der Waals surface area contributed by atoms with Gasteiger partial charge < -0.3 is 5.11 Å². The molecule has 1 aromatic rings. The molecule has 3 N–H and O–H groups in total. The number of hydrogen-bond acceptors (Lipinski definition) is 2. The Balaban J connectivity index is 2.70. The second kappa shape index (κ2) is 4.53. The number of aromatic nitrogens is 1. The molecule has 1 atom stereocenters. The first-order chi connectivity index (χ1) is 6.39. The van der Waals surface area contributed by atoms with Crippen LogP contribution in [0.5, 0.6) is 0 Å². The van der Waals surface area contributed by atoms with E-state index in [9.17, 15) is 5.11 Å². The summed E-state index contributed by atoms with van der Waals surface area (Å²) in [5.74, 6) is 0.587. The largest absolute Gasteiger partial charge is 0.352 e. The number of alkyl halides is 3. The van der Waals surface area contributed by atoms with Crippen LogP contribution in [-0.4, -0.2) is 15.1 Å². The molecule has 0 radical (unpaired) electrons. The molecule has 6 heteroatoms. The van der Waals surface area contributed by atoms with Crippen LogP contribution in [-0.2, 0) is 0 Å². The molecule has 0 spiro atoms. The molecule has 1 aromatic heterocycles. The zero-order valence-corrected chi connectivity index (χ0v) is 9.66. The van der Waals surface area contributed by atoms with E-state index in [1.807, 2.05) is 19.1 Å². The maximum atomic E-state index is 9.40. The second-order valence-electron chi connectivity index (χ2n) is 2.84. The van der Waals surface area contributed by atoms with Crippen molar-refractivity contribution in [3.05, 3.63) is 23.9 Å². The molecule has 0 amide bonds. The van der Waals surface area contributed by atoms with E-state index < -0.39 is 10.0 Å². The zero-order valence-electron chi connectivity index (χ0n) is 7.39. The summed E-state index contributed by atoms with van der Waals surface area (Å²) in [6.07, 6.45) is -1.26. The number of aryl methyl sites for hydroxylation is 1. The highest BCUT2D eigenvalue weighted by atomic mass is 35.6. The number of rotatable bonds is 2. The third-order valence-corrected chi connectivity index (χ3v) is 2.16. The van der Waals surface area contributed by atoms with Crippen molar-refractivity contribution in [1.29, 1.82) is 0 Å². The fraction of sp³-hybridized carbons (Fsp3) is 0.375. The summed E-state index contributed by atoms with van der Waals surface area (Å²) < 4.78 is -1.75. The molecule has 0 unspecified atom stereocenters. The molecule has 1 rings (SSSR count). The summed E-state index contributed by atoms with van der Waals surface area (Å²) in [5, 5.41) is 12.0. The summed E-state index contributed by atoms with van der Waals surface area (Å²) in [6.45, 7) is 1.88. The Morgan fingerprint density at radius 2 is 2.07 bits per heavy atom. The lowest BCUT2D eigenvalue weighted by Gasteiger charge is -2.15. The number of aliphatic hydroxyl groups excluding tert-OH is 1. The molecule has 0 aliphatic heterocycles. The minimum Gasteiger partial charge on any atom is -0.352 e.